The van der Waals surface area contributed by atoms with E-state index in [2.05, 4.69) is 19.2 Å². The van der Waals surface area contributed by atoms with Crippen LogP contribution in [0.5, 0.6) is 0 Å². The Balaban J connectivity index is 3.93. The van der Waals surface area contributed by atoms with Crippen LogP contribution in [0.3, 0.4) is 0 Å². The normalized spacial score (nSPS) is 11.9. The second-order valence-electron chi connectivity index (χ2n) is 7.13. The topological polar surface area (TPSA) is 55.4 Å². The van der Waals surface area contributed by atoms with Gasteiger partial charge in [0.2, 0.25) is 6.41 Å². The number of nitrogens with one attached hydrogen (secondary N) is 1. The van der Waals surface area contributed by atoms with Crippen molar-refractivity contribution in [3.63, 3.8) is 0 Å². The van der Waals surface area contributed by atoms with Gasteiger partial charge in [0.05, 0.1) is 6.61 Å². The average Bonchev–Trinajstić information content (AvgIpc) is 2.62. The van der Waals surface area contributed by atoms with E-state index in [9.17, 15) is 9.59 Å². The lowest BCUT2D eigenvalue weighted by molar-refractivity contribution is -0.145. The number of amides is 1. The zero-order valence-corrected chi connectivity index (χ0v) is 16.7. The quantitative estimate of drug-likeness (QED) is 0.192. The van der Waals surface area contributed by atoms with Gasteiger partial charge < -0.3 is 10.1 Å². The molecular formula is C21H41NO3. The minimum Gasteiger partial charge on any atom is -0.465 e. The van der Waals surface area contributed by atoms with Crippen molar-refractivity contribution < 1.29 is 14.3 Å². The second-order valence-corrected chi connectivity index (χ2v) is 7.13. The minimum absolute atomic E-state index is 0.130. The van der Waals surface area contributed by atoms with Crippen molar-refractivity contribution in [3.8, 4) is 0 Å². The van der Waals surface area contributed by atoms with Crippen LogP contribution in [0.2, 0.25) is 0 Å². The van der Waals surface area contributed by atoms with E-state index >= 15 is 0 Å². The maximum atomic E-state index is 11.8. The maximum Gasteiger partial charge on any atom is 0.305 e. The molecule has 4 heteroatoms. The molecule has 0 bridgehead atoms. The van der Waals surface area contributed by atoms with E-state index in [1.165, 1.54) is 77.0 Å². The zero-order chi connectivity index (χ0) is 18.6. The van der Waals surface area contributed by atoms with Gasteiger partial charge in [0, 0.05) is 13.0 Å². The molecule has 1 N–H and O–H groups in total. The van der Waals surface area contributed by atoms with Gasteiger partial charge in [-0.15, -0.1) is 0 Å². The lowest BCUT2D eigenvalue weighted by atomic mass is 9.95. The summed E-state index contributed by atoms with van der Waals surface area (Å²) in [6.07, 6.45) is 17.0. The molecule has 0 rings (SSSR count). The third-order valence-electron chi connectivity index (χ3n) is 4.70. The summed E-state index contributed by atoms with van der Waals surface area (Å²) in [5.74, 6) is 0.384. The molecule has 4 nitrogen and oxygen atoms in total. The molecule has 25 heavy (non-hydrogen) atoms. The molecule has 148 valence electrons. The van der Waals surface area contributed by atoms with Crippen LogP contribution >= 0.6 is 0 Å². The predicted molar refractivity (Wildman–Crippen MR) is 105 cm³/mol. The van der Waals surface area contributed by atoms with Gasteiger partial charge in [-0.1, -0.05) is 78.1 Å². The fourth-order valence-corrected chi connectivity index (χ4v) is 3.06. The third kappa shape index (κ3) is 17.6. The minimum atomic E-state index is -0.130. The Morgan fingerprint density at radius 3 is 2.04 bits per heavy atom. The van der Waals surface area contributed by atoms with Crippen molar-refractivity contribution in [2.75, 3.05) is 13.2 Å². The first-order valence-corrected chi connectivity index (χ1v) is 10.6. The van der Waals surface area contributed by atoms with Crippen LogP contribution in [0.15, 0.2) is 0 Å². The van der Waals surface area contributed by atoms with Crippen LogP contribution in [-0.4, -0.2) is 25.5 Å². The molecule has 0 saturated carbocycles. The van der Waals surface area contributed by atoms with Crippen molar-refractivity contribution in [2.45, 2.75) is 104 Å². The summed E-state index contributed by atoms with van der Waals surface area (Å²) in [4.78, 5) is 22.0. The summed E-state index contributed by atoms with van der Waals surface area (Å²) in [6.45, 7) is 5.59. The number of carbonyl (C=O) groups is 2. The zero-order valence-electron chi connectivity index (χ0n) is 16.7. The number of ether oxygens (including phenoxy) is 1. The first-order valence-electron chi connectivity index (χ1n) is 10.6. The highest BCUT2D eigenvalue weighted by atomic mass is 16.5. The summed E-state index contributed by atoms with van der Waals surface area (Å²) < 4.78 is 5.48. The van der Waals surface area contributed by atoms with Gasteiger partial charge in [0.15, 0.2) is 0 Å². The molecule has 0 spiro atoms. The highest BCUT2D eigenvalue weighted by Gasteiger charge is 2.12. The number of carbonyl (C=O) groups excluding carboxylic acids is 2. The van der Waals surface area contributed by atoms with E-state index < -0.39 is 0 Å². The number of hydrogen-bond donors (Lipinski definition) is 1. The average molecular weight is 356 g/mol. The molecular weight excluding hydrogens is 314 g/mol. The molecule has 0 saturated heterocycles. The Kier molecular flexibility index (Phi) is 18.5. The molecule has 0 fully saturated rings. The number of hydrogen-bond acceptors (Lipinski definition) is 3. The van der Waals surface area contributed by atoms with Gasteiger partial charge in [0.25, 0.3) is 0 Å². The molecule has 0 aromatic heterocycles. The van der Waals surface area contributed by atoms with Crippen LogP contribution in [0.4, 0.5) is 0 Å². The van der Waals surface area contributed by atoms with Gasteiger partial charge in [0.1, 0.15) is 0 Å². The Bertz CT molecular complexity index is 308. The SMILES string of the molecule is CCCCCCCCC(CCCCCC)COC(=O)CCCNC=O. The smallest absolute Gasteiger partial charge is 0.305 e. The molecule has 0 aliphatic rings. The van der Waals surface area contributed by atoms with Crippen LogP contribution in [-0.2, 0) is 14.3 Å². The van der Waals surface area contributed by atoms with Crippen LogP contribution in [0.25, 0.3) is 0 Å². The van der Waals surface area contributed by atoms with Gasteiger partial charge in [-0.3, -0.25) is 9.59 Å². The summed E-state index contributed by atoms with van der Waals surface area (Å²) >= 11 is 0. The highest BCUT2D eigenvalue weighted by Crippen LogP contribution is 2.19. The molecule has 1 atom stereocenters. The summed E-state index contributed by atoms with van der Waals surface area (Å²) in [6, 6.07) is 0. The van der Waals surface area contributed by atoms with Crippen LogP contribution in [0, 0.1) is 5.92 Å². The molecule has 0 aliphatic carbocycles. The largest absolute Gasteiger partial charge is 0.465 e. The molecule has 0 heterocycles. The first kappa shape index (κ1) is 23.9. The van der Waals surface area contributed by atoms with E-state index in [0.717, 1.165) is 0 Å². The van der Waals surface area contributed by atoms with Gasteiger partial charge in [-0.2, -0.15) is 0 Å². The molecule has 1 unspecified atom stereocenters. The Labute approximate surface area is 155 Å². The van der Waals surface area contributed by atoms with E-state index in [1.807, 2.05) is 0 Å². The first-order chi connectivity index (χ1) is 12.2. The van der Waals surface area contributed by atoms with E-state index in [-0.39, 0.29) is 5.97 Å². The lowest BCUT2D eigenvalue weighted by Crippen LogP contribution is -2.17. The second kappa shape index (κ2) is 19.3. The van der Waals surface area contributed by atoms with Crippen molar-refractivity contribution in [1.29, 1.82) is 0 Å². The Morgan fingerprint density at radius 2 is 1.44 bits per heavy atom. The number of unbranched alkanes of at least 4 members (excludes halogenated alkanes) is 8. The summed E-state index contributed by atoms with van der Waals surface area (Å²) in [5.41, 5.74) is 0. The predicted octanol–water partition coefficient (Wildman–Crippen LogP) is 5.39. The standard InChI is InChI=1S/C21H41NO3/c1-3-5-7-9-10-12-15-20(14-11-8-6-4-2)18-25-21(24)16-13-17-22-19-23/h19-20H,3-18H2,1-2H3,(H,22,23). The highest BCUT2D eigenvalue weighted by molar-refractivity contribution is 5.69. The van der Waals surface area contributed by atoms with Gasteiger partial charge >= 0.3 is 5.97 Å². The molecule has 0 radical (unpaired) electrons. The summed E-state index contributed by atoms with van der Waals surface area (Å²) in [5, 5.41) is 2.57. The third-order valence-corrected chi connectivity index (χ3v) is 4.70. The van der Waals surface area contributed by atoms with Gasteiger partial charge in [-0.25, -0.2) is 0 Å². The summed E-state index contributed by atoms with van der Waals surface area (Å²) in [7, 11) is 0. The van der Waals surface area contributed by atoms with Crippen LogP contribution in [0.1, 0.15) is 104 Å². The van der Waals surface area contributed by atoms with Crippen molar-refractivity contribution >= 4 is 12.4 Å². The lowest BCUT2D eigenvalue weighted by Gasteiger charge is -2.17. The molecule has 0 aromatic carbocycles. The molecule has 0 aromatic rings. The van der Waals surface area contributed by atoms with E-state index in [1.54, 1.807) is 0 Å². The monoisotopic (exact) mass is 355 g/mol. The van der Waals surface area contributed by atoms with Crippen LogP contribution < -0.4 is 5.32 Å². The van der Waals surface area contributed by atoms with Crippen molar-refractivity contribution in [1.82, 2.24) is 5.32 Å². The fourth-order valence-electron chi connectivity index (χ4n) is 3.06. The number of esters is 1. The molecule has 0 aliphatic heterocycles. The van der Waals surface area contributed by atoms with Gasteiger partial charge in [-0.05, 0) is 25.2 Å². The molecule has 1 amide bonds. The van der Waals surface area contributed by atoms with E-state index in [4.69, 9.17) is 4.74 Å². The Morgan fingerprint density at radius 1 is 0.880 bits per heavy atom. The Hall–Kier alpha value is -1.06. The van der Waals surface area contributed by atoms with Crippen molar-refractivity contribution in [2.24, 2.45) is 5.92 Å². The van der Waals surface area contributed by atoms with E-state index in [0.29, 0.717) is 38.3 Å². The maximum absolute atomic E-state index is 11.8. The van der Waals surface area contributed by atoms with Crippen molar-refractivity contribution in [3.05, 3.63) is 0 Å². The number of rotatable bonds is 19. The fraction of sp³-hybridized carbons (Fsp3) is 0.905.